The Hall–Kier alpha value is -2.33. The predicted molar refractivity (Wildman–Crippen MR) is 132 cm³/mol. The Morgan fingerprint density at radius 2 is 1.47 bits per heavy atom. The van der Waals surface area contributed by atoms with Crippen LogP contribution in [0.25, 0.3) is 0 Å². The monoisotopic (exact) mass is 466 g/mol. The number of benzene rings is 3. The number of carbonyl (C=O) groups excluding carboxylic acids is 1. The van der Waals surface area contributed by atoms with Crippen molar-refractivity contribution in [1.29, 1.82) is 0 Å². The van der Waals surface area contributed by atoms with E-state index in [1.807, 2.05) is 71.6 Å². The number of halogens is 2. The zero-order chi connectivity index (χ0) is 22.3. The van der Waals surface area contributed by atoms with E-state index in [2.05, 4.69) is 17.4 Å². The second kappa shape index (κ2) is 11.0. The van der Waals surface area contributed by atoms with Crippen molar-refractivity contribution in [2.75, 3.05) is 6.54 Å². The molecule has 3 nitrogen and oxygen atoms in total. The van der Waals surface area contributed by atoms with E-state index < -0.39 is 0 Å². The van der Waals surface area contributed by atoms with Gasteiger partial charge in [-0.15, -0.1) is 0 Å². The van der Waals surface area contributed by atoms with Gasteiger partial charge in [-0.3, -0.25) is 4.79 Å². The first-order valence-electron chi connectivity index (χ1n) is 11.2. The molecule has 0 saturated carbocycles. The lowest BCUT2D eigenvalue weighted by atomic mass is 9.97. The summed E-state index contributed by atoms with van der Waals surface area (Å²) in [6.45, 7) is 1.38. The van der Waals surface area contributed by atoms with E-state index in [0.29, 0.717) is 23.0 Å². The molecule has 1 aliphatic rings. The topological polar surface area (TPSA) is 32.3 Å². The minimum absolute atomic E-state index is 0.00591. The summed E-state index contributed by atoms with van der Waals surface area (Å²) in [4.78, 5) is 16.0. The fraction of sp³-hybridized carbons (Fsp3) is 0.296. The van der Waals surface area contributed by atoms with Crippen LogP contribution in [0.2, 0.25) is 10.0 Å². The largest absolute Gasteiger partial charge is 0.330 e. The van der Waals surface area contributed by atoms with Gasteiger partial charge in [0.15, 0.2) is 0 Å². The van der Waals surface area contributed by atoms with Gasteiger partial charge in [0.25, 0.3) is 0 Å². The van der Waals surface area contributed by atoms with Crippen molar-refractivity contribution < 1.29 is 4.79 Å². The maximum atomic E-state index is 14.0. The first kappa shape index (κ1) is 22.8. The first-order valence-corrected chi connectivity index (χ1v) is 11.9. The predicted octanol–water partition coefficient (Wildman–Crippen LogP) is 6.45. The molecule has 1 N–H and O–H groups in total. The molecule has 3 aromatic carbocycles. The van der Waals surface area contributed by atoms with Gasteiger partial charge in [0.05, 0.1) is 12.1 Å². The molecule has 1 heterocycles. The van der Waals surface area contributed by atoms with Gasteiger partial charge in [-0.1, -0.05) is 77.8 Å². The third-order valence-electron chi connectivity index (χ3n) is 6.06. The number of nitrogens with one attached hydrogen (secondary N) is 1. The van der Waals surface area contributed by atoms with E-state index in [-0.39, 0.29) is 18.0 Å². The Morgan fingerprint density at radius 3 is 2.16 bits per heavy atom. The standard InChI is InChI=1S/C27H28Cl2N2O/c28-23-13-9-21(10-14-23)19-31-26(22-11-15-24(29)16-12-22)8-4-5-17-30-25(27(31)32)18-20-6-2-1-3-7-20/h1-3,6-7,9-16,25-26,30H,4-5,8,17-19H2. The van der Waals surface area contributed by atoms with E-state index in [0.717, 1.165) is 42.5 Å². The number of hydrogen-bond donors (Lipinski definition) is 1. The van der Waals surface area contributed by atoms with Crippen LogP contribution in [0.5, 0.6) is 0 Å². The van der Waals surface area contributed by atoms with Crippen LogP contribution in [-0.4, -0.2) is 23.4 Å². The molecule has 4 rings (SSSR count). The van der Waals surface area contributed by atoms with E-state index in [1.54, 1.807) is 0 Å². The van der Waals surface area contributed by atoms with Crippen molar-refractivity contribution in [3.05, 3.63) is 106 Å². The average molecular weight is 467 g/mol. The highest BCUT2D eigenvalue weighted by molar-refractivity contribution is 6.30. The minimum Gasteiger partial charge on any atom is -0.330 e. The Kier molecular flexibility index (Phi) is 7.85. The van der Waals surface area contributed by atoms with Gasteiger partial charge < -0.3 is 10.2 Å². The summed E-state index contributed by atoms with van der Waals surface area (Å²) in [5.41, 5.74) is 3.35. The molecule has 1 saturated heterocycles. The molecule has 1 fully saturated rings. The molecule has 2 atom stereocenters. The number of nitrogens with zero attached hydrogens (tertiary/aromatic N) is 1. The van der Waals surface area contributed by atoms with Gasteiger partial charge in [0.1, 0.15) is 0 Å². The van der Waals surface area contributed by atoms with Crippen molar-refractivity contribution >= 4 is 29.1 Å². The Balaban J connectivity index is 1.68. The smallest absolute Gasteiger partial charge is 0.240 e. The molecule has 1 amide bonds. The molecule has 5 heteroatoms. The van der Waals surface area contributed by atoms with Crippen LogP contribution in [0, 0.1) is 0 Å². The summed E-state index contributed by atoms with van der Waals surface area (Å²) < 4.78 is 0. The third kappa shape index (κ3) is 5.92. The van der Waals surface area contributed by atoms with Gasteiger partial charge in [0.2, 0.25) is 5.91 Å². The molecule has 0 bridgehead atoms. The molecule has 0 radical (unpaired) electrons. The van der Waals surface area contributed by atoms with Gasteiger partial charge in [-0.25, -0.2) is 0 Å². The van der Waals surface area contributed by atoms with Crippen LogP contribution >= 0.6 is 23.2 Å². The van der Waals surface area contributed by atoms with Crippen molar-refractivity contribution in [1.82, 2.24) is 10.2 Å². The summed E-state index contributed by atoms with van der Waals surface area (Å²) in [6, 6.07) is 25.6. The number of carbonyl (C=O) groups is 1. The summed E-state index contributed by atoms with van der Waals surface area (Å²) in [5, 5.41) is 4.93. The van der Waals surface area contributed by atoms with E-state index in [9.17, 15) is 4.79 Å². The molecular formula is C27H28Cl2N2O. The summed E-state index contributed by atoms with van der Waals surface area (Å²) in [5.74, 6) is 0.130. The zero-order valence-electron chi connectivity index (χ0n) is 18.0. The lowest BCUT2D eigenvalue weighted by molar-refractivity contribution is -0.136. The Morgan fingerprint density at radius 1 is 0.812 bits per heavy atom. The first-order chi connectivity index (χ1) is 15.6. The SMILES string of the molecule is O=C1C(Cc2ccccc2)NCCCCC(c2ccc(Cl)cc2)N1Cc1ccc(Cl)cc1. The van der Waals surface area contributed by atoms with Crippen LogP contribution in [0.15, 0.2) is 78.9 Å². The van der Waals surface area contributed by atoms with Gasteiger partial charge >= 0.3 is 0 Å². The molecule has 0 aromatic heterocycles. The van der Waals surface area contributed by atoms with Crippen molar-refractivity contribution in [3.8, 4) is 0 Å². The van der Waals surface area contributed by atoms with Crippen molar-refractivity contribution in [2.24, 2.45) is 0 Å². The highest BCUT2D eigenvalue weighted by Crippen LogP contribution is 2.31. The fourth-order valence-corrected chi connectivity index (χ4v) is 4.60. The summed E-state index contributed by atoms with van der Waals surface area (Å²) in [7, 11) is 0. The van der Waals surface area contributed by atoms with Gasteiger partial charge in [-0.05, 0) is 73.2 Å². The van der Waals surface area contributed by atoms with Crippen LogP contribution in [0.4, 0.5) is 0 Å². The molecule has 3 aromatic rings. The number of rotatable bonds is 5. The fourth-order valence-electron chi connectivity index (χ4n) is 4.35. The number of amides is 1. The van der Waals surface area contributed by atoms with Crippen molar-refractivity contribution in [2.45, 2.75) is 44.3 Å². The Bertz CT molecular complexity index is 1010. The summed E-state index contributed by atoms with van der Waals surface area (Å²) >= 11 is 12.3. The van der Waals surface area contributed by atoms with Gasteiger partial charge in [0, 0.05) is 16.6 Å². The maximum absolute atomic E-state index is 14.0. The van der Waals surface area contributed by atoms with E-state index in [4.69, 9.17) is 23.2 Å². The molecule has 1 aliphatic heterocycles. The third-order valence-corrected chi connectivity index (χ3v) is 6.56. The van der Waals surface area contributed by atoms with E-state index in [1.165, 1.54) is 0 Å². The zero-order valence-corrected chi connectivity index (χ0v) is 19.5. The second-order valence-corrected chi connectivity index (χ2v) is 9.23. The van der Waals surface area contributed by atoms with Crippen LogP contribution in [-0.2, 0) is 17.8 Å². The second-order valence-electron chi connectivity index (χ2n) is 8.35. The molecule has 0 aliphatic carbocycles. The normalized spacial score (nSPS) is 19.8. The maximum Gasteiger partial charge on any atom is 0.240 e. The molecule has 32 heavy (non-hydrogen) atoms. The molecule has 2 unspecified atom stereocenters. The lowest BCUT2D eigenvalue weighted by Gasteiger charge is -2.35. The molecule has 166 valence electrons. The molecular weight excluding hydrogens is 439 g/mol. The lowest BCUT2D eigenvalue weighted by Crippen LogP contribution is -2.48. The Labute approximate surface area is 200 Å². The number of hydrogen-bond acceptors (Lipinski definition) is 2. The summed E-state index contributed by atoms with van der Waals surface area (Å²) in [6.07, 6.45) is 3.67. The van der Waals surface area contributed by atoms with Gasteiger partial charge in [-0.2, -0.15) is 0 Å². The highest BCUT2D eigenvalue weighted by Gasteiger charge is 2.31. The average Bonchev–Trinajstić information content (AvgIpc) is 2.88. The highest BCUT2D eigenvalue weighted by atomic mass is 35.5. The van der Waals surface area contributed by atoms with Crippen LogP contribution in [0.3, 0.4) is 0 Å². The quantitative estimate of drug-likeness (QED) is 0.468. The van der Waals surface area contributed by atoms with E-state index >= 15 is 0 Å². The van der Waals surface area contributed by atoms with Crippen LogP contribution < -0.4 is 5.32 Å². The van der Waals surface area contributed by atoms with Crippen LogP contribution in [0.1, 0.15) is 42.0 Å². The molecule has 0 spiro atoms. The minimum atomic E-state index is -0.266. The van der Waals surface area contributed by atoms with Crippen molar-refractivity contribution in [3.63, 3.8) is 0 Å².